The molecule has 0 aliphatic carbocycles. The fraction of sp³-hybridized carbons (Fsp3) is 0.182. The molecule has 1 aromatic carbocycles. The van der Waals surface area contributed by atoms with Crippen LogP contribution in [0.1, 0.15) is 11.1 Å². The number of aromatic nitrogens is 2. The molecule has 3 nitrogen and oxygen atoms in total. The molecule has 1 aromatic heterocycles. The van der Waals surface area contributed by atoms with Crippen molar-refractivity contribution in [3.05, 3.63) is 40.5 Å². The van der Waals surface area contributed by atoms with Gasteiger partial charge in [-0.25, -0.2) is 4.68 Å². The lowest BCUT2D eigenvalue weighted by molar-refractivity contribution is 0.882. The molecule has 0 unspecified atom stereocenters. The number of benzene rings is 1. The number of nitrogen functional groups attached to an aromatic ring is 1. The Hall–Kier alpha value is -1.48. The second-order valence-electron chi connectivity index (χ2n) is 3.58. The van der Waals surface area contributed by atoms with Crippen molar-refractivity contribution in [2.75, 3.05) is 5.73 Å². The molecule has 78 valence electrons. The summed E-state index contributed by atoms with van der Waals surface area (Å²) in [5, 5.41) is 4.63. The molecule has 0 saturated carbocycles. The van der Waals surface area contributed by atoms with Gasteiger partial charge in [0.25, 0.3) is 0 Å². The van der Waals surface area contributed by atoms with Gasteiger partial charge in [0, 0.05) is 0 Å². The Morgan fingerprint density at radius 2 is 2.07 bits per heavy atom. The van der Waals surface area contributed by atoms with Crippen LogP contribution < -0.4 is 5.73 Å². The van der Waals surface area contributed by atoms with Crippen LogP contribution in [0.3, 0.4) is 0 Å². The lowest BCUT2D eigenvalue weighted by Crippen LogP contribution is -2.03. The second kappa shape index (κ2) is 3.59. The predicted molar refractivity (Wildman–Crippen MR) is 62.5 cm³/mol. The number of hydrogen-bond donors (Lipinski definition) is 1. The Morgan fingerprint density at radius 1 is 1.33 bits per heavy atom. The van der Waals surface area contributed by atoms with Crippen molar-refractivity contribution in [3.8, 4) is 5.69 Å². The molecular formula is C11H12ClN3. The average Bonchev–Trinajstić information content (AvgIpc) is 2.52. The van der Waals surface area contributed by atoms with Crippen LogP contribution >= 0.6 is 11.6 Å². The van der Waals surface area contributed by atoms with Gasteiger partial charge in [-0.3, -0.25) is 0 Å². The molecule has 0 aliphatic rings. The fourth-order valence-electron chi connectivity index (χ4n) is 1.48. The van der Waals surface area contributed by atoms with Crippen molar-refractivity contribution in [1.29, 1.82) is 0 Å². The van der Waals surface area contributed by atoms with Crippen molar-refractivity contribution < 1.29 is 0 Å². The maximum Gasteiger partial charge on any atom is 0.146 e. The van der Waals surface area contributed by atoms with Crippen molar-refractivity contribution in [2.24, 2.45) is 0 Å². The molecule has 1 heterocycles. The van der Waals surface area contributed by atoms with E-state index in [1.807, 2.05) is 26.0 Å². The van der Waals surface area contributed by atoms with Gasteiger partial charge in [0.2, 0.25) is 0 Å². The highest BCUT2D eigenvalue weighted by Gasteiger charge is 2.08. The Kier molecular flexibility index (Phi) is 2.40. The van der Waals surface area contributed by atoms with Gasteiger partial charge >= 0.3 is 0 Å². The largest absolute Gasteiger partial charge is 0.382 e. The molecule has 2 aromatic rings. The highest BCUT2D eigenvalue weighted by molar-refractivity contribution is 6.32. The number of nitrogens with zero attached hydrogens (tertiary/aromatic N) is 2. The molecule has 0 bridgehead atoms. The van der Waals surface area contributed by atoms with E-state index in [2.05, 4.69) is 11.2 Å². The third kappa shape index (κ3) is 1.70. The van der Waals surface area contributed by atoms with Crippen molar-refractivity contribution in [2.45, 2.75) is 13.8 Å². The first-order valence-corrected chi connectivity index (χ1v) is 5.04. The summed E-state index contributed by atoms with van der Waals surface area (Å²) < 4.78 is 1.66. The monoisotopic (exact) mass is 221 g/mol. The third-order valence-electron chi connectivity index (χ3n) is 2.35. The first-order valence-electron chi connectivity index (χ1n) is 4.66. The van der Waals surface area contributed by atoms with E-state index in [0.29, 0.717) is 10.8 Å². The molecule has 0 amide bonds. The Balaban J connectivity index is 2.63. The summed E-state index contributed by atoms with van der Waals surface area (Å²) in [4.78, 5) is 0. The molecule has 0 saturated heterocycles. The molecular weight excluding hydrogens is 210 g/mol. The van der Waals surface area contributed by atoms with E-state index >= 15 is 0 Å². The quantitative estimate of drug-likeness (QED) is 0.805. The third-order valence-corrected chi connectivity index (χ3v) is 2.64. The number of rotatable bonds is 1. The maximum atomic E-state index is 5.86. The highest BCUT2D eigenvalue weighted by Crippen LogP contribution is 2.23. The van der Waals surface area contributed by atoms with E-state index in [0.717, 1.165) is 11.3 Å². The van der Waals surface area contributed by atoms with E-state index in [-0.39, 0.29) is 0 Å². The van der Waals surface area contributed by atoms with Gasteiger partial charge in [-0.15, -0.1) is 0 Å². The smallest absolute Gasteiger partial charge is 0.146 e. The van der Waals surface area contributed by atoms with Gasteiger partial charge in [-0.05, 0) is 31.0 Å². The lowest BCUT2D eigenvalue weighted by Gasteiger charge is -2.08. The number of hydrogen-bond acceptors (Lipinski definition) is 2. The van der Waals surface area contributed by atoms with Gasteiger partial charge in [-0.2, -0.15) is 5.10 Å². The minimum absolute atomic E-state index is 0.477. The SMILES string of the molecule is Cc1ccc(C)c(-n2ncc(Cl)c2N)c1. The van der Waals surface area contributed by atoms with E-state index in [9.17, 15) is 0 Å². The number of aryl methyl sites for hydroxylation is 2. The summed E-state index contributed by atoms with van der Waals surface area (Å²) in [6.45, 7) is 4.05. The molecule has 15 heavy (non-hydrogen) atoms. The van der Waals surface area contributed by atoms with Crippen LogP contribution in [-0.4, -0.2) is 9.78 Å². The van der Waals surface area contributed by atoms with Crippen LogP contribution in [0.4, 0.5) is 5.82 Å². The Bertz CT molecular complexity index is 503. The summed E-state index contributed by atoms with van der Waals surface area (Å²) in [6.07, 6.45) is 1.55. The number of anilines is 1. The van der Waals surface area contributed by atoms with Crippen molar-refractivity contribution in [1.82, 2.24) is 9.78 Å². The molecule has 2 rings (SSSR count). The first-order chi connectivity index (χ1) is 7.09. The summed E-state index contributed by atoms with van der Waals surface area (Å²) >= 11 is 5.86. The van der Waals surface area contributed by atoms with Gasteiger partial charge in [0.1, 0.15) is 10.8 Å². The summed E-state index contributed by atoms with van der Waals surface area (Å²) in [7, 11) is 0. The number of halogens is 1. The van der Waals surface area contributed by atoms with Crippen LogP contribution in [0.2, 0.25) is 5.02 Å². The Morgan fingerprint density at radius 3 is 2.67 bits per heavy atom. The Labute approximate surface area is 93.5 Å². The summed E-state index contributed by atoms with van der Waals surface area (Å²) in [5.41, 5.74) is 9.08. The topological polar surface area (TPSA) is 43.8 Å². The zero-order valence-corrected chi connectivity index (χ0v) is 9.42. The number of nitrogens with two attached hydrogens (primary N) is 1. The first kappa shape index (κ1) is 10.1. The molecule has 0 radical (unpaired) electrons. The van der Waals surface area contributed by atoms with E-state index in [1.165, 1.54) is 5.56 Å². The second-order valence-corrected chi connectivity index (χ2v) is 3.99. The normalized spacial score (nSPS) is 10.6. The van der Waals surface area contributed by atoms with Gasteiger partial charge in [0.15, 0.2) is 0 Å². The lowest BCUT2D eigenvalue weighted by atomic mass is 10.1. The minimum Gasteiger partial charge on any atom is -0.382 e. The van der Waals surface area contributed by atoms with Crippen molar-refractivity contribution >= 4 is 17.4 Å². The van der Waals surface area contributed by atoms with Crippen LogP contribution in [-0.2, 0) is 0 Å². The van der Waals surface area contributed by atoms with Gasteiger partial charge in [0.05, 0.1) is 11.9 Å². The summed E-state index contributed by atoms with van der Waals surface area (Å²) in [5.74, 6) is 0.477. The van der Waals surface area contributed by atoms with Crippen molar-refractivity contribution in [3.63, 3.8) is 0 Å². The van der Waals surface area contributed by atoms with Crippen LogP contribution in [0.5, 0.6) is 0 Å². The fourth-order valence-corrected chi connectivity index (χ4v) is 1.60. The molecule has 0 fully saturated rings. The zero-order valence-electron chi connectivity index (χ0n) is 8.66. The van der Waals surface area contributed by atoms with Gasteiger partial charge < -0.3 is 5.73 Å². The zero-order chi connectivity index (χ0) is 11.0. The molecule has 2 N–H and O–H groups in total. The van der Waals surface area contributed by atoms with Crippen LogP contribution in [0, 0.1) is 13.8 Å². The van der Waals surface area contributed by atoms with E-state index < -0.39 is 0 Å². The highest BCUT2D eigenvalue weighted by atomic mass is 35.5. The molecule has 4 heteroatoms. The summed E-state index contributed by atoms with van der Waals surface area (Å²) in [6, 6.07) is 6.13. The average molecular weight is 222 g/mol. The molecule has 0 atom stereocenters. The van der Waals surface area contributed by atoms with E-state index in [1.54, 1.807) is 10.9 Å². The van der Waals surface area contributed by atoms with Crippen LogP contribution in [0.15, 0.2) is 24.4 Å². The minimum atomic E-state index is 0.477. The van der Waals surface area contributed by atoms with Crippen LogP contribution in [0.25, 0.3) is 5.69 Å². The predicted octanol–water partition coefficient (Wildman–Crippen LogP) is 2.72. The van der Waals surface area contributed by atoms with Gasteiger partial charge in [-0.1, -0.05) is 23.7 Å². The molecule has 0 aliphatic heterocycles. The standard InChI is InChI=1S/C11H12ClN3/c1-7-3-4-8(2)10(5-7)15-11(13)9(12)6-14-15/h3-6H,13H2,1-2H3. The molecule has 0 spiro atoms. The maximum absolute atomic E-state index is 5.86. The van der Waals surface area contributed by atoms with E-state index in [4.69, 9.17) is 17.3 Å².